The van der Waals surface area contributed by atoms with Crippen LogP contribution in [0.1, 0.15) is 28.9 Å². The molecule has 12 heteroatoms. The van der Waals surface area contributed by atoms with Gasteiger partial charge >= 0.3 is 0 Å². The number of ether oxygens (including phenoxy) is 1. The zero-order valence-corrected chi connectivity index (χ0v) is 21.0. The minimum atomic E-state index is -0.292. The first-order chi connectivity index (χ1) is 17.5. The van der Waals surface area contributed by atoms with Crippen molar-refractivity contribution in [1.29, 1.82) is 0 Å². The van der Waals surface area contributed by atoms with Gasteiger partial charge in [-0.3, -0.25) is 19.3 Å². The summed E-state index contributed by atoms with van der Waals surface area (Å²) in [7, 11) is 1.66. The second-order valence-electron chi connectivity index (χ2n) is 8.81. The molecule has 36 heavy (non-hydrogen) atoms. The van der Waals surface area contributed by atoms with Crippen molar-refractivity contribution in [2.45, 2.75) is 26.3 Å². The number of nitrogens with one attached hydrogen (secondary N) is 3. The van der Waals surface area contributed by atoms with Crippen molar-refractivity contribution in [3.63, 3.8) is 0 Å². The Balaban J connectivity index is 1.29. The van der Waals surface area contributed by atoms with Crippen molar-refractivity contribution in [2.75, 3.05) is 37.4 Å². The van der Waals surface area contributed by atoms with E-state index in [1.807, 2.05) is 24.0 Å². The van der Waals surface area contributed by atoms with Crippen LogP contribution < -0.4 is 16.0 Å². The lowest BCUT2D eigenvalue weighted by atomic mass is 10.0. The molecule has 0 bridgehead atoms. The highest BCUT2D eigenvalue weighted by atomic mass is 32.1. The molecule has 4 aromatic heterocycles. The van der Waals surface area contributed by atoms with E-state index in [2.05, 4.69) is 31.1 Å². The van der Waals surface area contributed by atoms with Crippen LogP contribution in [0.15, 0.2) is 37.1 Å². The fraction of sp³-hybridized carbons (Fsp3) is 0.375. The summed E-state index contributed by atoms with van der Waals surface area (Å²) in [5, 5.41) is 17.8. The number of aromatic nitrogens is 5. The smallest absolute Gasteiger partial charge is 0.260 e. The van der Waals surface area contributed by atoms with Gasteiger partial charge in [-0.15, -0.1) is 11.3 Å². The van der Waals surface area contributed by atoms with Gasteiger partial charge in [0.2, 0.25) is 5.91 Å². The van der Waals surface area contributed by atoms with Crippen LogP contribution in [-0.2, 0) is 16.1 Å². The third-order valence-corrected chi connectivity index (χ3v) is 7.30. The molecule has 0 unspecified atom stereocenters. The molecule has 0 radical (unpaired) electrons. The van der Waals surface area contributed by atoms with Gasteiger partial charge < -0.3 is 20.7 Å². The van der Waals surface area contributed by atoms with E-state index < -0.39 is 0 Å². The number of amides is 2. The lowest BCUT2D eigenvalue weighted by molar-refractivity contribution is -0.116. The molecule has 2 amide bonds. The number of hydrogen-bond acceptors (Lipinski definition) is 8. The quantitative estimate of drug-likeness (QED) is 0.317. The predicted molar refractivity (Wildman–Crippen MR) is 137 cm³/mol. The number of aryl methyl sites for hydroxylation is 1. The summed E-state index contributed by atoms with van der Waals surface area (Å²) in [6, 6.07) is 1.74. The summed E-state index contributed by atoms with van der Waals surface area (Å²) in [5.74, 6) is 0.00365. The van der Waals surface area contributed by atoms with Crippen molar-refractivity contribution < 1.29 is 14.3 Å². The highest BCUT2D eigenvalue weighted by Crippen LogP contribution is 2.31. The highest BCUT2D eigenvalue weighted by Gasteiger charge is 2.20. The standard InChI is InChI=1S/C24H28N8O3S/c1-15-20(8-18(11-26-15)29-22(33)7-16-3-4-25-9-16)30-23(34)19-12-28-32-14-21(36-24(19)32)17-10-27-31(13-17)5-6-35-2/h8,10-14,16,25H,3-7,9H2,1-2H3,(H,29,33)(H,30,34)/t16-/m0/s1. The van der Waals surface area contributed by atoms with Crippen molar-refractivity contribution in [3.05, 3.63) is 48.3 Å². The second kappa shape index (κ2) is 10.6. The monoisotopic (exact) mass is 508 g/mol. The molecule has 0 aliphatic carbocycles. The Morgan fingerprint density at radius 3 is 2.92 bits per heavy atom. The molecule has 1 atom stereocenters. The molecule has 1 aliphatic heterocycles. The first kappa shape index (κ1) is 24.1. The summed E-state index contributed by atoms with van der Waals surface area (Å²) in [4.78, 5) is 31.6. The molecule has 1 fully saturated rings. The molecule has 0 saturated carbocycles. The number of carbonyl (C=O) groups excluding carboxylic acids is 2. The van der Waals surface area contributed by atoms with E-state index in [1.165, 1.54) is 11.3 Å². The van der Waals surface area contributed by atoms with E-state index in [0.717, 1.165) is 34.8 Å². The van der Waals surface area contributed by atoms with Crippen LogP contribution in [0.25, 0.3) is 15.3 Å². The van der Waals surface area contributed by atoms with Gasteiger partial charge in [-0.2, -0.15) is 10.2 Å². The number of fused-ring (bicyclic) bond motifs is 1. The van der Waals surface area contributed by atoms with E-state index in [-0.39, 0.29) is 11.8 Å². The summed E-state index contributed by atoms with van der Waals surface area (Å²) in [6.07, 6.45) is 10.2. The largest absolute Gasteiger partial charge is 0.383 e. The fourth-order valence-electron chi connectivity index (χ4n) is 4.15. The van der Waals surface area contributed by atoms with Gasteiger partial charge in [0.1, 0.15) is 4.83 Å². The molecule has 0 spiro atoms. The molecule has 11 nitrogen and oxygen atoms in total. The predicted octanol–water partition coefficient (Wildman–Crippen LogP) is 2.80. The fourth-order valence-corrected chi connectivity index (χ4v) is 5.19. The number of rotatable bonds is 9. The van der Waals surface area contributed by atoms with Crippen LogP contribution in [0, 0.1) is 12.8 Å². The van der Waals surface area contributed by atoms with Gasteiger partial charge in [-0.25, -0.2) is 4.52 Å². The van der Waals surface area contributed by atoms with Crippen molar-refractivity contribution in [1.82, 2.24) is 29.7 Å². The Kier molecular flexibility index (Phi) is 7.07. The molecule has 1 saturated heterocycles. The minimum Gasteiger partial charge on any atom is -0.383 e. The molecular formula is C24H28N8O3S. The maximum Gasteiger partial charge on any atom is 0.260 e. The average Bonchev–Trinajstić information content (AvgIpc) is 3.64. The molecule has 3 N–H and O–H groups in total. The van der Waals surface area contributed by atoms with Crippen LogP contribution >= 0.6 is 11.3 Å². The Hall–Kier alpha value is -3.61. The van der Waals surface area contributed by atoms with E-state index >= 15 is 0 Å². The van der Waals surface area contributed by atoms with Gasteiger partial charge in [-0.05, 0) is 38.4 Å². The van der Waals surface area contributed by atoms with Gasteiger partial charge in [0, 0.05) is 31.5 Å². The minimum absolute atomic E-state index is 0.0540. The Bertz CT molecular complexity index is 1390. The Labute approximate surface area is 211 Å². The number of anilines is 2. The third-order valence-electron chi connectivity index (χ3n) is 6.14. The van der Waals surface area contributed by atoms with Crippen molar-refractivity contribution in [2.24, 2.45) is 5.92 Å². The average molecular weight is 509 g/mol. The molecule has 4 aromatic rings. The third kappa shape index (κ3) is 5.30. The van der Waals surface area contributed by atoms with Gasteiger partial charge in [-0.1, -0.05) is 0 Å². The Morgan fingerprint density at radius 2 is 2.11 bits per heavy atom. The number of carbonyl (C=O) groups is 2. The number of pyridine rings is 1. The topological polar surface area (TPSA) is 127 Å². The van der Waals surface area contributed by atoms with Gasteiger partial charge in [0.15, 0.2) is 0 Å². The molecule has 1 aliphatic rings. The van der Waals surface area contributed by atoms with E-state index in [9.17, 15) is 9.59 Å². The van der Waals surface area contributed by atoms with Crippen molar-refractivity contribution >= 4 is 39.4 Å². The summed E-state index contributed by atoms with van der Waals surface area (Å²) < 4.78 is 8.62. The first-order valence-corrected chi connectivity index (χ1v) is 12.6. The zero-order valence-electron chi connectivity index (χ0n) is 20.2. The molecule has 0 aromatic carbocycles. The van der Waals surface area contributed by atoms with Crippen LogP contribution in [0.3, 0.4) is 0 Å². The van der Waals surface area contributed by atoms with E-state index in [4.69, 9.17) is 4.74 Å². The first-order valence-electron chi connectivity index (χ1n) is 11.8. The number of methoxy groups -OCH3 is 1. The normalized spacial score (nSPS) is 15.4. The lowest BCUT2D eigenvalue weighted by Crippen LogP contribution is -2.19. The SMILES string of the molecule is COCCn1cc(-c2cn3ncc(C(=O)Nc4cc(NC(=O)C[C@@H]5CCNC5)cnc4C)c3s2)cn1. The van der Waals surface area contributed by atoms with Crippen LogP contribution in [0.4, 0.5) is 11.4 Å². The molecule has 5 rings (SSSR count). The molecule has 188 valence electrons. The summed E-state index contributed by atoms with van der Waals surface area (Å²) >= 11 is 1.47. The number of nitrogens with zero attached hydrogens (tertiary/aromatic N) is 5. The molecule has 5 heterocycles. The maximum absolute atomic E-state index is 13.2. The van der Waals surface area contributed by atoms with Gasteiger partial charge in [0.25, 0.3) is 5.91 Å². The molecular weight excluding hydrogens is 480 g/mol. The zero-order chi connectivity index (χ0) is 25.1. The van der Waals surface area contributed by atoms with E-state index in [0.29, 0.717) is 48.1 Å². The summed E-state index contributed by atoms with van der Waals surface area (Å²) in [5.41, 5.74) is 3.15. The van der Waals surface area contributed by atoms with Crippen LogP contribution in [0.5, 0.6) is 0 Å². The van der Waals surface area contributed by atoms with Gasteiger partial charge in [0.05, 0.1) is 59.3 Å². The van der Waals surface area contributed by atoms with E-state index in [1.54, 1.807) is 36.3 Å². The maximum atomic E-state index is 13.2. The van der Waals surface area contributed by atoms with Crippen LogP contribution in [0.2, 0.25) is 0 Å². The van der Waals surface area contributed by atoms with Crippen LogP contribution in [-0.4, -0.2) is 63.0 Å². The van der Waals surface area contributed by atoms with Crippen molar-refractivity contribution in [3.8, 4) is 10.4 Å². The number of thiazole rings is 1. The number of hydrogen-bond donors (Lipinski definition) is 3. The lowest BCUT2D eigenvalue weighted by Gasteiger charge is -2.12. The summed E-state index contributed by atoms with van der Waals surface area (Å²) in [6.45, 7) is 4.87. The second-order valence-corrected chi connectivity index (χ2v) is 9.84. The Morgan fingerprint density at radius 1 is 1.22 bits per heavy atom. The highest BCUT2D eigenvalue weighted by molar-refractivity contribution is 7.21.